The highest BCUT2D eigenvalue weighted by molar-refractivity contribution is 7.22. The maximum atomic E-state index is 15.1. The molecule has 1 amide bonds. The molecular formula is C31H28F6N6O3S. The lowest BCUT2D eigenvalue weighted by molar-refractivity contribution is -0.137. The van der Waals surface area contributed by atoms with Crippen molar-refractivity contribution in [3.05, 3.63) is 48.3 Å². The third-order valence-electron chi connectivity index (χ3n) is 9.07. The van der Waals surface area contributed by atoms with Crippen molar-refractivity contribution in [2.24, 2.45) is 0 Å². The van der Waals surface area contributed by atoms with Crippen LogP contribution in [0.1, 0.15) is 24.8 Å². The Morgan fingerprint density at radius 2 is 1.96 bits per heavy atom. The van der Waals surface area contributed by atoms with Crippen LogP contribution in [0.2, 0.25) is 0 Å². The van der Waals surface area contributed by atoms with Gasteiger partial charge in [-0.15, -0.1) is 0 Å². The Morgan fingerprint density at radius 1 is 1.15 bits per heavy atom. The van der Waals surface area contributed by atoms with E-state index >= 15 is 4.39 Å². The second-order valence-corrected chi connectivity index (χ2v) is 13.1. The van der Waals surface area contributed by atoms with Crippen LogP contribution in [-0.4, -0.2) is 87.4 Å². The van der Waals surface area contributed by atoms with Crippen molar-refractivity contribution in [3.63, 3.8) is 0 Å². The number of benzene rings is 2. The van der Waals surface area contributed by atoms with Gasteiger partial charge in [-0.2, -0.15) is 23.1 Å². The fraction of sp³-hybridized carbons (Fsp3) is 0.419. The summed E-state index contributed by atoms with van der Waals surface area (Å²) >= 11 is 0.801. The molecule has 16 heteroatoms. The molecule has 3 aliphatic heterocycles. The summed E-state index contributed by atoms with van der Waals surface area (Å²) in [7, 11) is 0. The summed E-state index contributed by atoms with van der Waals surface area (Å²) in [5.74, 6) is -1.61. The Labute approximate surface area is 268 Å². The van der Waals surface area contributed by atoms with Gasteiger partial charge in [0.15, 0.2) is 17.4 Å². The van der Waals surface area contributed by atoms with Crippen molar-refractivity contribution in [1.82, 2.24) is 24.8 Å². The number of thiazole rings is 1. The summed E-state index contributed by atoms with van der Waals surface area (Å²) in [5.41, 5.74) is 3.58. The molecule has 0 bridgehead atoms. The molecule has 0 radical (unpaired) electrons. The fourth-order valence-corrected chi connectivity index (χ4v) is 7.66. The van der Waals surface area contributed by atoms with E-state index in [1.54, 1.807) is 0 Å². The second-order valence-electron chi connectivity index (χ2n) is 12.0. The monoisotopic (exact) mass is 678 g/mol. The summed E-state index contributed by atoms with van der Waals surface area (Å²) in [5, 5.41) is -0.228. The number of nitrogens with zero attached hydrogens (tertiary/aromatic N) is 5. The van der Waals surface area contributed by atoms with Crippen LogP contribution >= 0.6 is 11.3 Å². The first-order valence-electron chi connectivity index (χ1n) is 14.9. The van der Waals surface area contributed by atoms with Gasteiger partial charge in [0.25, 0.3) is 0 Å². The van der Waals surface area contributed by atoms with E-state index in [4.69, 9.17) is 15.2 Å². The first-order chi connectivity index (χ1) is 22.3. The van der Waals surface area contributed by atoms with Crippen LogP contribution in [0, 0.1) is 5.82 Å². The topological polar surface area (TPSA) is 107 Å². The third kappa shape index (κ3) is 5.60. The average Bonchev–Trinajstić information content (AvgIpc) is 3.77. The number of hydrogen-bond acceptors (Lipinski definition) is 9. The highest BCUT2D eigenvalue weighted by Gasteiger charge is 2.49. The smallest absolute Gasteiger partial charge is 0.417 e. The van der Waals surface area contributed by atoms with Crippen LogP contribution in [0.3, 0.4) is 0 Å². The number of nitrogen functional groups attached to an aromatic ring is 1. The molecule has 2 aromatic carbocycles. The lowest BCUT2D eigenvalue weighted by Crippen LogP contribution is -2.43. The van der Waals surface area contributed by atoms with Gasteiger partial charge in [-0.25, -0.2) is 18.2 Å². The van der Waals surface area contributed by atoms with E-state index in [1.807, 2.05) is 4.90 Å². The molecule has 9 nitrogen and oxygen atoms in total. The van der Waals surface area contributed by atoms with Crippen molar-refractivity contribution in [2.45, 2.75) is 49.4 Å². The fourth-order valence-electron chi connectivity index (χ4n) is 6.89. The number of aromatic nitrogens is 3. The van der Waals surface area contributed by atoms with Crippen LogP contribution in [0.15, 0.2) is 36.9 Å². The standard InChI is InChI=1S/C31H28F6N6O3S/c1-2-24(44)42-12-21(34)23(13-42)46-27-18-8-19(31(35,36)37)17(16-4-5-20(33)26-25(16)40-28(38)47-26)9-22(18)39-29(41-27)45-14-30-6-3-7-43(30)11-15(32)10-30/h2,4-5,8-9,15,21,23H,1,3,6-7,10-14H2,(H2,38,40)/t15-,21+,23+,30+/m1/s1. The molecule has 0 saturated carbocycles. The number of hydrogen-bond donors (Lipinski definition) is 1. The molecule has 7 rings (SSSR count). The summed E-state index contributed by atoms with van der Waals surface area (Å²) in [6, 6.07) is 3.88. The summed E-state index contributed by atoms with van der Waals surface area (Å²) in [6.07, 6.45) is -6.09. The van der Waals surface area contributed by atoms with Crippen LogP contribution in [-0.2, 0) is 11.0 Å². The molecule has 5 heterocycles. The number of likely N-dealkylation sites (tertiary alicyclic amines) is 1. The first-order valence-corrected chi connectivity index (χ1v) is 15.7. The molecule has 0 aliphatic carbocycles. The van der Waals surface area contributed by atoms with Crippen LogP contribution in [0.5, 0.6) is 11.9 Å². The van der Waals surface area contributed by atoms with E-state index in [1.165, 1.54) is 11.0 Å². The lowest BCUT2D eigenvalue weighted by atomic mass is 9.95. The molecule has 4 aromatic rings. The quantitative estimate of drug-likeness (QED) is 0.196. The number of carbonyl (C=O) groups is 1. The largest absolute Gasteiger partial charge is 0.469 e. The van der Waals surface area contributed by atoms with Crippen LogP contribution < -0.4 is 15.2 Å². The zero-order valence-corrected chi connectivity index (χ0v) is 25.5. The Kier molecular flexibility index (Phi) is 7.69. The SMILES string of the molecule is C=CC(=O)N1C[C@H](Oc2nc(OC[C@@]34CCCN3C[C@H](F)C4)nc3cc(-c4ccc(F)c5sc(N)nc45)c(C(F)(F)F)cc23)[C@@H](F)C1. The van der Waals surface area contributed by atoms with Crippen LogP contribution in [0.25, 0.3) is 32.2 Å². The molecular weight excluding hydrogens is 650 g/mol. The van der Waals surface area contributed by atoms with Crippen molar-refractivity contribution < 1.29 is 40.6 Å². The Morgan fingerprint density at radius 3 is 2.72 bits per heavy atom. The van der Waals surface area contributed by atoms with Gasteiger partial charge >= 0.3 is 12.2 Å². The normalized spacial score (nSPS) is 24.7. The Hall–Kier alpha value is -4.18. The van der Waals surface area contributed by atoms with Crippen molar-refractivity contribution in [2.75, 3.05) is 38.5 Å². The molecule has 3 saturated heterocycles. The van der Waals surface area contributed by atoms with E-state index in [2.05, 4.69) is 21.5 Å². The van der Waals surface area contributed by atoms with Gasteiger partial charge in [0.05, 0.1) is 45.3 Å². The molecule has 47 heavy (non-hydrogen) atoms. The first kappa shape index (κ1) is 31.4. The Balaban J connectivity index is 1.36. The maximum absolute atomic E-state index is 15.1. The highest BCUT2D eigenvalue weighted by atomic mass is 32.1. The maximum Gasteiger partial charge on any atom is 0.417 e. The number of rotatable bonds is 7. The molecule has 0 spiro atoms. The van der Waals surface area contributed by atoms with Gasteiger partial charge in [-0.1, -0.05) is 17.9 Å². The van der Waals surface area contributed by atoms with Crippen molar-refractivity contribution >= 4 is 43.5 Å². The summed E-state index contributed by atoms with van der Waals surface area (Å²) in [6.45, 7) is 3.88. The van der Waals surface area contributed by atoms with Gasteiger partial charge in [0.1, 0.15) is 18.6 Å². The van der Waals surface area contributed by atoms with Gasteiger partial charge in [-0.3, -0.25) is 9.69 Å². The number of carbonyl (C=O) groups excluding carboxylic acids is 1. The summed E-state index contributed by atoms with van der Waals surface area (Å²) < 4.78 is 100. The predicted octanol–water partition coefficient (Wildman–Crippen LogP) is 5.72. The minimum absolute atomic E-state index is 0.0131. The van der Waals surface area contributed by atoms with Crippen molar-refractivity contribution in [1.29, 1.82) is 0 Å². The number of fused-ring (bicyclic) bond motifs is 3. The highest BCUT2D eigenvalue weighted by Crippen LogP contribution is 2.45. The van der Waals surface area contributed by atoms with Crippen molar-refractivity contribution in [3.8, 4) is 23.0 Å². The number of alkyl halides is 5. The average molecular weight is 679 g/mol. The third-order valence-corrected chi connectivity index (χ3v) is 9.96. The van der Waals surface area contributed by atoms with E-state index in [-0.39, 0.29) is 81.9 Å². The molecule has 2 N–H and O–H groups in total. The van der Waals surface area contributed by atoms with Crippen LogP contribution in [0.4, 0.5) is 31.5 Å². The van der Waals surface area contributed by atoms with Gasteiger partial charge < -0.3 is 20.1 Å². The number of amides is 1. The van der Waals surface area contributed by atoms with Gasteiger partial charge in [0.2, 0.25) is 11.8 Å². The molecule has 3 aliphatic rings. The number of ether oxygens (including phenoxy) is 2. The van der Waals surface area contributed by atoms with E-state index in [0.29, 0.717) is 13.0 Å². The minimum Gasteiger partial charge on any atom is -0.469 e. The molecule has 248 valence electrons. The van der Waals surface area contributed by atoms with E-state index in [0.717, 1.165) is 42.0 Å². The second kappa shape index (κ2) is 11.5. The van der Waals surface area contributed by atoms with Gasteiger partial charge in [-0.05, 0) is 55.3 Å². The molecule has 2 aromatic heterocycles. The zero-order valence-electron chi connectivity index (χ0n) is 24.7. The number of anilines is 1. The Bertz CT molecular complexity index is 1910. The number of halogens is 6. The lowest BCUT2D eigenvalue weighted by Gasteiger charge is -2.30. The number of nitrogens with two attached hydrogens (primary N) is 1. The van der Waals surface area contributed by atoms with E-state index < -0.39 is 47.5 Å². The zero-order chi connectivity index (χ0) is 33.2. The molecule has 0 unspecified atom stereocenters. The van der Waals surface area contributed by atoms with E-state index in [9.17, 15) is 26.7 Å². The molecule has 4 atom stereocenters. The minimum atomic E-state index is -4.92. The van der Waals surface area contributed by atoms with Gasteiger partial charge in [0, 0.05) is 18.5 Å². The molecule has 3 fully saturated rings. The summed E-state index contributed by atoms with van der Waals surface area (Å²) in [4.78, 5) is 28.1. The predicted molar refractivity (Wildman–Crippen MR) is 162 cm³/mol.